The molecule has 0 heterocycles. The van der Waals surface area contributed by atoms with E-state index in [1.54, 1.807) is 31.2 Å². The van der Waals surface area contributed by atoms with Gasteiger partial charge in [0.15, 0.2) is 5.34 Å². The second kappa shape index (κ2) is 6.14. The molecule has 0 spiro atoms. The van der Waals surface area contributed by atoms with Crippen LogP contribution in [0.1, 0.15) is 40.2 Å². The fourth-order valence-electron chi connectivity index (χ4n) is 1.61. The first kappa shape index (κ1) is 17.0. The Balaban J connectivity index is 3.31. The zero-order valence-corrected chi connectivity index (χ0v) is 13.7. The second-order valence-electron chi connectivity index (χ2n) is 5.84. The summed E-state index contributed by atoms with van der Waals surface area (Å²) < 4.78 is 18.4. The monoisotopic (exact) mass is 294 g/mol. The van der Waals surface area contributed by atoms with Gasteiger partial charge in [-0.15, -0.1) is 0 Å². The molecule has 1 aromatic carbocycles. The first-order valence-corrected chi connectivity index (χ1v) is 8.32. The first-order valence-electron chi connectivity index (χ1n) is 6.69. The van der Waals surface area contributed by atoms with Crippen molar-refractivity contribution in [3.8, 4) is 11.6 Å². The maximum atomic E-state index is 13.0. The van der Waals surface area contributed by atoms with Gasteiger partial charge in [-0.1, -0.05) is 36.3 Å². The third-order valence-electron chi connectivity index (χ3n) is 2.78. The van der Waals surface area contributed by atoms with Gasteiger partial charge in [-0.2, -0.15) is 0 Å². The summed E-state index contributed by atoms with van der Waals surface area (Å²) in [5.74, 6) is 2.93. The molecule has 0 aliphatic carbocycles. The molecule has 0 saturated heterocycles. The van der Waals surface area contributed by atoms with Crippen molar-refractivity contribution in [2.75, 3.05) is 6.61 Å². The molecule has 2 atom stereocenters. The summed E-state index contributed by atoms with van der Waals surface area (Å²) in [6.07, 6.45) is 0. The van der Waals surface area contributed by atoms with Crippen molar-refractivity contribution in [3.63, 3.8) is 0 Å². The highest BCUT2D eigenvalue weighted by molar-refractivity contribution is 7.65. The van der Waals surface area contributed by atoms with E-state index >= 15 is 0 Å². The molecular weight excluding hydrogens is 271 g/mol. The van der Waals surface area contributed by atoms with Crippen LogP contribution in [0.3, 0.4) is 0 Å². The molecule has 0 aliphatic rings. The molecule has 0 fully saturated rings. The average molecular weight is 294 g/mol. The van der Waals surface area contributed by atoms with Gasteiger partial charge in [0, 0.05) is 5.41 Å². The molecule has 0 aromatic heterocycles. The van der Waals surface area contributed by atoms with E-state index in [2.05, 4.69) is 11.6 Å². The molecule has 0 radical (unpaired) electrons. The van der Waals surface area contributed by atoms with Gasteiger partial charge < -0.3 is 9.63 Å². The molecule has 0 bridgehead atoms. The summed E-state index contributed by atoms with van der Waals surface area (Å²) in [6.45, 7) is 9.25. The van der Waals surface area contributed by atoms with Gasteiger partial charge in [-0.05, 0) is 45.8 Å². The van der Waals surface area contributed by atoms with Gasteiger partial charge in [-0.3, -0.25) is 4.57 Å². The van der Waals surface area contributed by atoms with Crippen LogP contribution in [0.25, 0.3) is 0 Å². The Bertz CT molecular complexity index is 545. The summed E-state index contributed by atoms with van der Waals surface area (Å²) in [7, 11) is -3.55. The van der Waals surface area contributed by atoms with Gasteiger partial charge in [0.1, 0.15) is 0 Å². The zero-order valence-electron chi connectivity index (χ0n) is 12.8. The molecule has 0 saturated carbocycles. The third-order valence-corrected chi connectivity index (χ3v) is 5.22. The molecular formula is C16H23O3P. The smallest absolute Gasteiger partial charge is 0.308 e. The van der Waals surface area contributed by atoms with Crippen LogP contribution < -0.4 is 0 Å². The number of hydrogen-bond acceptors (Lipinski definition) is 3. The SMILES string of the molecule is CCO[P@@](=O)(C#CC(C)(C)C)[C@](C)(O)c1ccccc1. The molecule has 0 aliphatic heterocycles. The van der Waals surface area contributed by atoms with Crippen LogP contribution in [0.4, 0.5) is 0 Å². The van der Waals surface area contributed by atoms with Crippen LogP contribution in [0.5, 0.6) is 0 Å². The van der Waals surface area contributed by atoms with Crippen LogP contribution in [0.15, 0.2) is 30.3 Å². The summed E-state index contributed by atoms with van der Waals surface area (Å²) in [6, 6.07) is 8.87. The van der Waals surface area contributed by atoms with Crippen molar-refractivity contribution in [3.05, 3.63) is 35.9 Å². The van der Waals surface area contributed by atoms with Crippen molar-refractivity contribution in [2.45, 2.75) is 40.0 Å². The molecule has 110 valence electrons. The van der Waals surface area contributed by atoms with Gasteiger partial charge in [0.25, 0.3) is 0 Å². The third kappa shape index (κ3) is 3.96. The normalized spacial score (nSPS) is 17.5. The van der Waals surface area contributed by atoms with Gasteiger partial charge in [0.2, 0.25) is 0 Å². The largest absolute Gasteiger partial charge is 0.374 e. The molecule has 1 N–H and O–H groups in total. The van der Waals surface area contributed by atoms with Gasteiger partial charge in [-0.25, -0.2) is 0 Å². The fourth-order valence-corrected chi connectivity index (χ4v) is 3.48. The van der Waals surface area contributed by atoms with Crippen LogP contribution >= 0.6 is 7.37 Å². The van der Waals surface area contributed by atoms with Crippen LogP contribution in [0.2, 0.25) is 0 Å². The highest BCUT2D eigenvalue weighted by Crippen LogP contribution is 2.61. The van der Waals surface area contributed by atoms with Crippen LogP contribution in [-0.2, 0) is 14.4 Å². The predicted molar refractivity (Wildman–Crippen MR) is 82.5 cm³/mol. The standard InChI is InChI=1S/C16H23O3P/c1-6-19-20(18,13-12-15(2,3)4)16(5,17)14-10-8-7-9-11-14/h7-11,17H,6H2,1-5H3/t16-,20-/m0/s1. The van der Waals surface area contributed by atoms with Crippen molar-refractivity contribution in [1.82, 2.24) is 0 Å². The summed E-state index contributed by atoms with van der Waals surface area (Å²) in [5, 5.41) is 9.12. The minimum absolute atomic E-state index is 0.235. The molecule has 0 amide bonds. The lowest BCUT2D eigenvalue weighted by atomic mass is 9.99. The van der Waals surface area contributed by atoms with E-state index in [0.717, 1.165) is 0 Å². The molecule has 20 heavy (non-hydrogen) atoms. The minimum atomic E-state index is -3.55. The van der Waals surface area contributed by atoms with Crippen LogP contribution in [0, 0.1) is 17.0 Å². The maximum Gasteiger partial charge on any atom is 0.308 e. The Hall–Kier alpha value is -1.07. The molecule has 0 unspecified atom stereocenters. The zero-order chi connectivity index (χ0) is 15.4. The molecule has 1 rings (SSSR count). The lowest BCUT2D eigenvalue weighted by Gasteiger charge is -2.29. The predicted octanol–water partition coefficient (Wildman–Crippen LogP) is 4.17. The van der Waals surface area contributed by atoms with E-state index < -0.39 is 12.7 Å². The van der Waals surface area contributed by atoms with E-state index in [1.165, 1.54) is 6.92 Å². The Labute approximate surface area is 121 Å². The molecule has 1 aromatic rings. The van der Waals surface area contributed by atoms with Crippen LogP contribution in [-0.4, -0.2) is 11.7 Å². The molecule has 4 heteroatoms. The lowest BCUT2D eigenvalue weighted by molar-refractivity contribution is 0.122. The first-order chi connectivity index (χ1) is 9.12. The van der Waals surface area contributed by atoms with Crippen molar-refractivity contribution in [1.29, 1.82) is 0 Å². The Morgan fingerprint density at radius 3 is 2.20 bits per heavy atom. The lowest BCUT2D eigenvalue weighted by Crippen LogP contribution is -2.22. The molecule has 3 nitrogen and oxygen atoms in total. The minimum Gasteiger partial charge on any atom is -0.374 e. The Kier molecular flexibility index (Phi) is 5.21. The van der Waals surface area contributed by atoms with Gasteiger partial charge >= 0.3 is 7.37 Å². The van der Waals surface area contributed by atoms with Crippen molar-refractivity contribution < 1.29 is 14.2 Å². The highest BCUT2D eigenvalue weighted by atomic mass is 31.2. The highest BCUT2D eigenvalue weighted by Gasteiger charge is 2.44. The number of aliphatic hydroxyl groups is 1. The van der Waals surface area contributed by atoms with Crippen molar-refractivity contribution in [2.24, 2.45) is 5.41 Å². The Morgan fingerprint density at radius 1 is 1.20 bits per heavy atom. The number of benzene rings is 1. The van der Waals surface area contributed by atoms with E-state index in [4.69, 9.17) is 4.52 Å². The van der Waals surface area contributed by atoms with E-state index in [0.29, 0.717) is 5.56 Å². The quantitative estimate of drug-likeness (QED) is 0.669. The average Bonchev–Trinajstić information content (AvgIpc) is 2.37. The van der Waals surface area contributed by atoms with E-state index in [9.17, 15) is 9.67 Å². The van der Waals surface area contributed by atoms with E-state index in [-0.39, 0.29) is 12.0 Å². The maximum absolute atomic E-state index is 13.0. The Morgan fingerprint density at radius 2 is 1.75 bits per heavy atom. The number of hydrogen-bond donors (Lipinski definition) is 1. The van der Waals surface area contributed by atoms with E-state index in [1.807, 2.05) is 26.8 Å². The summed E-state index contributed by atoms with van der Waals surface area (Å²) >= 11 is 0. The number of rotatable bonds is 4. The second-order valence-corrected chi connectivity index (χ2v) is 8.30. The van der Waals surface area contributed by atoms with Gasteiger partial charge in [0.05, 0.1) is 6.61 Å². The van der Waals surface area contributed by atoms with Crippen molar-refractivity contribution >= 4 is 7.37 Å². The fraction of sp³-hybridized carbons (Fsp3) is 0.500. The topological polar surface area (TPSA) is 46.5 Å². The summed E-state index contributed by atoms with van der Waals surface area (Å²) in [5.41, 5.74) is 2.94. The summed E-state index contributed by atoms with van der Waals surface area (Å²) in [4.78, 5) is 0.